The van der Waals surface area contributed by atoms with Gasteiger partial charge in [-0.15, -0.1) is 0 Å². The van der Waals surface area contributed by atoms with E-state index in [1.54, 1.807) is 0 Å². The lowest BCUT2D eigenvalue weighted by Gasteiger charge is -2.25. The number of carboxylic acids is 1. The van der Waals surface area contributed by atoms with Crippen molar-refractivity contribution < 1.29 is 14.3 Å². The molecule has 1 aromatic rings. The molecule has 2 rings (SSSR count). The molecule has 0 aromatic carbocycles. The van der Waals surface area contributed by atoms with E-state index in [-0.39, 0.29) is 0 Å². The lowest BCUT2D eigenvalue weighted by atomic mass is 10.1. The highest BCUT2D eigenvalue weighted by Crippen LogP contribution is 2.21. The second-order valence-corrected chi connectivity index (χ2v) is 4.73. The molecule has 1 fully saturated rings. The van der Waals surface area contributed by atoms with Crippen LogP contribution in [0.5, 0.6) is 0 Å². The van der Waals surface area contributed by atoms with Gasteiger partial charge >= 0.3 is 5.97 Å². The summed E-state index contributed by atoms with van der Waals surface area (Å²) in [4.78, 5) is 13.3. The van der Waals surface area contributed by atoms with Crippen LogP contribution >= 0.6 is 0 Å². The van der Waals surface area contributed by atoms with E-state index in [9.17, 15) is 4.79 Å². The molecule has 1 unspecified atom stereocenters. The Morgan fingerprint density at radius 2 is 2.35 bits per heavy atom. The van der Waals surface area contributed by atoms with E-state index in [0.717, 1.165) is 6.54 Å². The van der Waals surface area contributed by atoms with Crippen LogP contribution in [0.2, 0.25) is 0 Å². The lowest BCUT2D eigenvalue weighted by Crippen LogP contribution is -2.32. The summed E-state index contributed by atoms with van der Waals surface area (Å²) < 4.78 is 5.30. The van der Waals surface area contributed by atoms with Crippen LogP contribution in [-0.2, 0) is 6.54 Å². The van der Waals surface area contributed by atoms with Crippen LogP contribution in [0, 0.1) is 0 Å². The normalized spacial score (nSPS) is 22.3. The smallest absolute Gasteiger partial charge is 0.339 e. The Kier molecular flexibility index (Phi) is 3.84. The topological polar surface area (TPSA) is 53.7 Å². The first-order chi connectivity index (χ1) is 8.18. The quantitative estimate of drug-likeness (QED) is 0.878. The first-order valence-electron chi connectivity index (χ1n) is 6.22. The summed E-state index contributed by atoms with van der Waals surface area (Å²) in [5.41, 5.74) is 0.293. The highest BCUT2D eigenvalue weighted by molar-refractivity contribution is 5.88. The zero-order chi connectivity index (χ0) is 12.3. The van der Waals surface area contributed by atoms with Crippen molar-refractivity contribution in [3.05, 3.63) is 23.7 Å². The predicted octanol–water partition coefficient (Wildman–Crippen LogP) is 2.74. The Hall–Kier alpha value is -1.29. The van der Waals surface area contributed by atoms with Crippen molar-refractivity contribution in [3.8, 4) is 0 Å². The van der Waals surface area contributed by atoms with Crippen molar-refractivity contribution in [3.63, 3.8) is 0 Å². The fourth-order valence-electron chi connectivity index (χ4n) is 2.41. The van der Waals surface area contributed by atoms with Gasteiger partial charge in [0.25, 0.3) is 0 Å². The average molecular weight is 237 g/mol. The van der Waals surface area contributed by atoms with Gasteiger partial charge in [-0.25, -0.2) is 4.79 Å². The highest BCUT2D eigenvalue weighted by Gasteiger charge is 2.21. The second kappa shape index (κ2) is 5.36. The predicted molar refractivity (Wildman–Crippen MR) is 64.0 cm³/mol. The van der Waals surface area contributed by atoms with Gasteiger partial charge in [0, 0.05) is 6.04 Å². The summed E-state index contributed by atoms with van der Waals surface area (Å²) in [5.74, 6) is -0.331. The summed E-state index contributed by atoms with van der Waals surface area (Å²) in [7, 11) is 0. The molecule has 4 nitrogen and oxygen atoms in total. The SMILES string of the molecule is CC1CCCCCN1Cc1occc1C(=O)O. The number of nitrogens with zero attached hydrogens (tertiary/aromatic N) is 1. The van der Waals surface area contributed by atoms with Crippen LogP contribution in [0.15, 0.2) is 16.7 Å². The first kappa shape index (κ1) is 12.2. The van der Waals surface area contributed by atoms with Gasteiger partial charge in [0.15, 0.2) is 0 Å². The maximum absolute atomic E-state index is 11.0. The van der Waals surface area contributed by atoms with Crippen LogP contribution in [0.1, 0.15) is 48.7 Å². The van der Waals surface area contributed by atoms with E-state index < -0.39 is 5.97 Å². The minimum atomic E-state index is -0.906. The van der Waals surface area contributed by atoms with E-state index in [4.69, 9.17) is 9.52 Å². The molecule has 2 heterocycles. The van der Waals surface area contributed by atoms with E-state index in [0.29, 0.717) is 23.9 Å². The van der Waals surface area contributed by atoms with Crippen molar-refractivity contribution in [1.29, 1.82) is 0 Å². The molecule has 4 heteroatoms. The van der Waals surface area contributed by atoms with Gasteiger partial charge < -0.3 is 9.52 Å². The molecule has 1 aliphatic heterocycles. The average Bonchev–Trinajstić information content (AvgIpc) is 2.66. The van der Waals surface area contributed by atoms with Crippen LogP contribution in [0.3, 0.4) is 0 Å². The molecule has 17 heavy (non-hydrogen) atoms. The van der Waals surface area contributed by atoms with Gasteiger partial charge in [-0.3, -0.25) is 4.90 Å². The molecule has 1 saturated heterocycles. The maximum atomic E-state index is 11.0. The van der Waals surface area contributed by atoms with E-state index in [1.807, 2.05) is 0 Å². The number of hydrogen-bond donors (Lipinski definition) is 1. The molecule has 1 N–H and O–H groups in total. The van der Waals surface area contributed by atoms with Crippen LogP contribution in [0.4, 0.5) is 0 Å². The zero-order valence-corrected chi connectivity index (χ0v) is 10.2. The Morgan fingerprint density at radius 1 is 1.53 bits per heavy atom. The van der Waals surface area contributed by atoms with Crippen LogP contribution < -0.4 is 0 Å². The number of likely N-dealkylation sites (tertiary alicyclic amines) is 1. The highest BCUT2D eigenvalue weighted by atomic mass is 16.4. The second-order valence-electron chi connectivity index (χ2n) is 4.73. The minimum absolute atomic E-state index is 0.293. The third-order valence-electron chi connectivity index (χ3n) is 3.51. The van der Waals surface area contributed by atoms with Gasteiger partial charge in [0.05, 0.1) is 12.8 Å². The molecule has 1 atom stereocenters. The summed E-state index contributed by atoms with van der Waals surface area (Å²) >= 11 is 0. The van der Waals surface area contributed by atoms with Crippen LogP contribution in [0.25, 0.3) is 0 Å². The van der Waals surface area contributed by atoms with Crippen molar-refractivity contribution in [2.24, 2.45) is 0 Å². The van der Waals surface area contributed by atoms with Gasteiger partial charge in [0.1, 0.15) is 11.3 Å². The molecule has 0 saturated carbocycles. The molecular formula is C13H19NO3. The standard InChI is InChI=1S/C13H19NO3/c1-10-5-3-2-4-7-14(10)9-12-11(13(15)16)6-8-17-12/h6,8,10H,2-5,7,9H2,1H3,(H,15,16). The molecule has 94 valence electrons. The number of hydrogen-bond acceptors (Lipinski definition) is 3. The number of furan rings is 1. The summed E-state index contributed by atoms with van der Waals surface area (Å²) in [6, 6.07) is 2.03. The number of aromatic carboxylic acids is 1. The van der Waals surface area contributed by atoms with Gasteiger partial charge in [-0.05, 0) is 32.4 Å². The fourth-order valence-corrected chi connectivity index (χ4v) is 2.41. The molecule has 0 spiro atoms. The molecule has 0 bridgehead atoms. The third-order valence-corrected chi connectivity index (χ3v) is 3.51. The Bertz CT molecular complexity index is 386. The number of carbonyl (C=O) groups is 1. The van der Waals surface area contributed by atoms with Crippen molar-refractivity contribution in [2.45, 2.75) is 45.2 Å². The van der Waals surface area contributed by atoms with E-state index in [2.05, 4.69) is 11.8 Å². The molecule has 0 radical (unpaired) electrons. The van der Waals surface area contributed by atoms with E-state index >= 15 is 0 Å². The van der Waals surface area contributed by atoms with Crippen molar-refractivity contribution >= 4 is 5.97 Å². The Morgan fingerprint density at radius 3 is 3.12 bits per heavy atom. The monoisotopic (exact) mass is 237 g/mol. The summed E-state index contributed by atoms with van der Waals surface area (Å²) in [6.07, 6.45) is 6.37. The lowest BCUT2D eigenvalue weighted by molar-refractivity contribution is 0.0691. The molecule has 0 amide bonds. The molecule has 1 aromatic heterocycles. The van der Waals surface area contributed by atoms with Crippen molar-refractivity contribution in [2.75, 3.05) is 6.54 Å². The largest absolute Gasteiger partial charge is 0.478 e. The Labute approximate surface area is 101 Å². The minimum Gasteiger partial charge on any atom is -0.478 e. The summed E-state index contributed by atoms with van der Waals surface area (Å²) in [5, 5.41) is 9.03. The number of carboxylic acid groups (broad SMARTS) is 1. The Balaban J connectivity index is 2.08. The number of rotatable bonds is 3. The molecule has 0 aliphatic carbocycles. The van der Waals surface area contributed by atoms with Gasteiger partial charge in [-0.1, -0.05) is 12.8 Å². The van der Waals surface area contributed by atoms with Crippen molar-refractivity contribution in [1.82, 2.24) is 4.90 Å². The van der Waals surface area contributed by atoms with Crippen LogP contribution in [-0.4, -0.2) is 28.6 Å². The first-order valence-corrected chi connectivity index (χ1v) is 6.22. The fraction of sp³-hybridized carbons (Fsp3) is 0.615. The molecule has 1 aliphatic rings. The zero-order valence-electron chi connectivity index (χ0n) is 10.2. The third kappa shape index (κ3) is 2.88. The maximum Gasteiger partial charge on any atom is 0.339 e. The van der Waals surface area contributed by atoms with Gasteiger partial charge in [-0.2, -0.15) is 0 Å². The molecular weight excluding hydrogens is 218 g/mol. The summed E-state index contributed by atoms with van der Waals surface area (Å²) in [6.45, 7) is 3.84. The van der Waals surface area contributed by atoms with Gasteiger partial charge in [0.2, 0.25) is 0 Å². The van der Waals surface area contributed by atoms with E-state index in [1.165, 1.54) is 38.0 Å².